The lowest BCUT2D eigenvalue weighted by Gasteiger charge is -2.29. The molecule has 1 aliphatic heterocycles. The van der Waals surface area contributed by atoms with Crippen LogP contribution in [-0.4, -0.2) is 59.1 Å². The number of thioether (sulfide) groups is 1. The zero-order chi connectivity index (χ0) is 21.4. The summed E-state index contributed by atoms with van der Waals surface area (Å²) in [7, 11) is 0. The van der Waals surface area contributed by atoms with E-state index in [1.807, 2.05) is 13.0 Å². The third-order valence-electron chi connectivity index (χ3n) is 5.42. The van der Waals surface area contributed by atoms with Crippen LogP contribution in [0, 0.1) is 5.82 Å². The topological polar surface area (TPSA) is 52.7 Å². The van der Waals surface area contributed by atoms with Crippen molar-refractivity contribution in [3.05, 3.63) is 35.6 Å². The molecule has 1 saturated heterocycles. The molecule has 1 heterocycles. The Morgan fingerprint density at radius 2 is 2.03 bits per heavy atom. The Kier molecular flexibility index (Phi) is 9.43. The predicted molar refractivity (Wildman–Crippen MR) is 117 cm³/mol. The molecule has 7 heteroatoms. The smallest absolute Gasteiger partial charge is 0.243 e. The summed E-state index contributed by atoms with van der Waals surface area (Å²) in [5.41, 5.74) is 0.722. The fourth-order valence-corrected chi connectivity index (χ4v) is 5.13. The van der Waals surface area contributed by atoms with Gasteiger partial charge in [0.05, 0.1) is 0 Å². The number of hydrogen-bond acceptors (Lipinski definition) is 4. The maximum atomic E-state index is 13.7. The molecule has 1 fully saturated rings. The summed E-state index contributed by atoms with van der Waals surface area (Å²) >= 11 is 1.52. The molecule has 1 aromatic carbocycles. The third-order valence-corrected chi connectivity index (χ3v) is 6.75. The van der Waals surface area contributed by atoms with Crippen LogP contribution in [0.2, 0.25) is 0 Å². The second-order valence-electron chi connectivity index (χ2n) is 7.49. The second kappa shape index (κ2) is 11.6. The molecule has 0 bridgehead atoms. The number of hydrogen-bond donors (Lipinski definition) is 1. The van der Waals surface area contributed by atoms with Gasteiger partial charge in [-0.3, -0.25) is 9.59 Å². The summed E-state index contributed by atoms with van der Waals surface area (Å²) in [6, 6.07) is 5.82. The third kappa shape index (κ3) is 6.44. The molecule has 0 aromatic heterocycles. The van der Waals surface area contributed by atoms with Crippen molar-refractivity contribution in [3.63, 3.8) is 0 Å². The lowest BCUT2D eigenvalue weighted by atomic mass is 10.1. The van der Waals surface area contributed by atoms with E-state index in [4.69, 9.17) is 0 Å². The molecule has 0 spiro atoms. The van der Waals surface area contributed by atoms with Crippen molar-refractivity contribution >= 4 is 23.6 Å². The molecule has 0 aliphatic carbocycles. The molecule has 0 radical (unpaired) electrons. The largest absolute Gasteiger partial charge is 0.352 e. The normalized spacial score (nSPS) is 20.1. The Bertz CT molecular complexity index is 684. The van der Waals surface area contributed by atoms with Crippen molar-refractivity contribution in [3.8, 4) is 0 Å². The van der Waals surface area contributed by atoms with E-state index in [1.165, 1.54) is 23.9 Å². The van der Waals surface area contributed by atoms with E-state index in [-0.39, 0.29) is 29.0 Å². The predicted octanol–water partition coefficient (Wildman–Crippen LogP) is 3.81. The lowest BCUT2D eigenvalue weighted by Crippen LogP contribution is -2.49. The Morgan fingerprint density at radius 3 is 2.66 bits per heavy atom. The van der Waals surface area contributed by atoms with Gasteiger partial charge in [-0.2, -0.15) is 0 Å². The van der Waals surface area contributed by atoms with E-state index in [2.05, 4.69) is 24.1 Å². The van der Waals surface area contributed by atoms with Gasteiger partial charge in [-0.05, 0) is 57.1 Å². The van der Waals surface area contributed by atoms with Gasteiger partial charge in [0.1, 0.15) is 17.2 Å². The van der Waals surface area contributed by atoms with Gasteiger partial charge in [0.2, 0.25) is 11.8 Å². The maximum Gasteiger partial charge on any atom is 0.243 e. The van der Waals surface area contributed by atoms with Crippen LogP contribution in [0.3, 0.4) is 0 Å². The molecule has 2 amide bonds. The van der Waals surface area contributed by atoms with Crippen LogP contribution >= 0.6 is 11.8 Å². The van der Waals surface area contributed by atoms with E-state index in [0.29, 0.717) is 12.2 Å². The summed E-state index contributed by atoms with van der Waals surface area (Å²) in [5, 5.41) is 2.76. The van der Waals surface area contributed by atoms with Gasteiger partial charge in [-0.15, -0.1) is 11.8 Å². The van der Waals surface area contributed by atoms with Gasteiger partial charge in [-0.25, -0.2) is 4.39 Å². The lowest BCUT2D eigenvalue weighted by molar-refractivity contribution is -0.139. The minimum atomic E-state index is -0.522. The van der Waals surface area contributed by atoms with E-state index >= 15 is 0 Å². The Labute approximate surface area is 178 Å². The number of benzene rings is 1. The van der Waals surface area contributed by atoms with Crippen molar-refractivity contribution in [2.45, 2.75) is 64.4 Å². The molecule has 0 saturated carbocycles. The first-order chi connectivity index (χ1) is 13.9. The Balaban J connectivity index is 2.00. The van der Waals surface area contributed by atoms with E-state index < -0.39 is 6.04 Å². The zero-order valence-electron chi connectivity index (χ0n) is 18.0. The quantitative estimate of drug-likeness (QED) is 0.622. The molecule has 5 nitrogen and oxygen atoms in total. The first kappa shape index (κ1) is 23.7. The Hall–Kier alpha value is -1.60. The highest BCUT2D eigenvalue weighted by Gasteiger charge is 2.41. The van der Waals surface area contributed by atoms with Crippen LogP contribution in [0.4, 0.5) is 4.39 Å². The van der Waals surface area contributed by atoms with Crippen LogP contribution in [0.15, 0.2) is 24.3 Å². The van der Waals surface area contributed by atoms with Crippen molar-refractivity contribution in [2.75, 3.05) is 25.4 Å². The number of carbonyl (C=O) groups is 2. The van der Waals surface area contributed by atoms with Crippen LogP contribution in [-0.2, 0) is 9.59 Å². The van der Waals surface area contributed by atoms with Crippen molar-refractivity contribution in [2.24, 2.45) is 0 Å². The highest BCUT2D eigenvalue weighted by Crippen LogP contribution is 2.42. The molecular formula is C22H34FN3O2S. The number of nitrogens with one attached hydrogen (secondary N) is 1. The molecule has 1 aliphatic rings. The average Bonchev–Trinajstić information content (AvgIpc) is 3.16. The summed E-state index contributed by atoms with van der Waals surface area (Å²) in [4.78, 5) is 29.6. The SMILES string of the molecule is CCC(=O)N1[C@@H](C(=O)N[C@@H](C)CCCN(CC)CC)CS[C@H]1c1cccc(F)c1. The zero-order valence-corrected chi connectivity index (χ0v) is 18.8. The molecular weight excluding hydrogens is 389 g/mol. The number of carbonyl (C=O) groups excluding carboxylic acids is 2. The standard InChI is InChI=1S/C22H34FN3O2S/c1-5-20(27)26-19(15-29-22(26)17-11-8-12-18(23)14-17)21(28)24-16(4)10-9-13-25(6-2)7-3/h8,11-12,14,16,19,22H,5-7,9-10,13,15H2,1-4H3,(H,24,28)/t16-,19+,22-/m0/s1. The molecule has 1 aromatic rings. The van der Waals surface area contributed by atoms with Gasteiger partial charge < -0.3 is 15.1 Å². The number of rotatable bonds is 10. The van der Waals surface area contributed by atoms with Gasteiger partial charge in [-0.1, -0.05) is 32.9 Å². The number of amides is 2. The molecule has 2 rings (SSSR count). The highest BCUT2D eigenvalue weighted by atomic mass is 32.2. The highest BCUT2D eigenvalue weighted by molar-refractivity contribution is 7.99. The molecule has 3 atom stereocenters. The van der Waals surface area contributed by atoms with E-state index in [1.54, 1.807) is 17.9 Å². The summed E-state index contributed by atoms with van der Waals surface area (Å²) in [5.74, 6) is -0.0147. The monoisotopic (exact) mass is 423 g/mol. The molecule has 29 heavy (non-hydrogen) atoms. The number of nitrogens with zero attached hydrogens (tertiary/aromatic N) is 2. The Morgan fingerprint density at radius 1 is 1.31 bits per heavy atom. The average molecular weight is 424 g/mol. The van der Waals surface area contributed by atoms with Gasteiger partial charge in [0.15, 0.2) is 0 Å². The van der Waals surface area contributed by atoms with Crippen LogP contribution in [0.25, 0.3) is 0 Å². The molecule has 1 N–H and O–H groups in total. The van der Waals surface area contributed by atoms with E-state index in [0.717, 1.165) is 38.0 Å². The maximum absolute atomic E-state index is 13.7. The minimum absolute atomic E-state index is 0.0508. The van der Waals surface area contributed by atoms with E-state index in [9.17, 15) is 14.0 Å². The number of halogens is 1. The van der Waals surface area contributed by atoms with Gasteiger partial charge >= 0.3 is 0 Å². The van der Waals surface area contributed by atoms with Crippen LogP contribution < -0.4 is 5.32 Å². The molecule has 0 unspecified atom stereocenters. The minimum Gasteiger partial charge on any atom is -0.352 e. The fourth-order valence-electron chi connectivity index (χ4n) is 3.68. The van der Waals surface area contributed by atoms with Crippen molar-refractivity contribution < 1.29 is 14.0 Å². The van der Waals surface area contributed by atoms with Crippen LogP contribution in [0.5, 0.6) is 0 Å². The van der Waals surface area contributed by atoms with Crippen LogP contribution in [0.1, 0.15) is 57.9 Å². The fraction of sp³-hybridized carbons (Fsp3) is 0.636. The summed E-state index contributed by atoms with van der Waals surface area (Å²) in [6.07, 6.45) is 2.23. The van der Waals surface area contributed by atoms with Gasteiger partial charge in [0, 0.05) is 18.2 Å². The summed E-state index contributed by atoms with van der Waals surface area (Å²) < 4.78 is 13.7. The second-order valence-corrected chi connectivity index (χ2v) is 8.60. The first-order valence-corrected chi connectivity index (χ1v) is 11.7. The van der Waals surface area contributed by atoms with Crippen molar-refractivity contribution in [1.29, 1.82) is 0 Å². The summed E-state index contributed by atoms with van der Waals surface area (Å²) in [6.45, 7) is 11.2. The molecule has 162 valence electrons. The van der Waals surface area contributed by atoms with Gasteiger partial charge in [0.25, 0.3) is 0 Å². The van der Waals surface area contributed by atoms with Crippen molar-refractivity contribution in [1.82, 2.24) is 15.1 Å². The first-order valence-electron chi connectivity index (χ1n) is 10.6.